The van der Waals surface area contributed by atoms with Crippen LogP contribution in [0.1, 0.15) is 68.1 Å². The number of carbonyl (C=O) groups excluding carboxylic acids is 1. The molecule has 5 N–H and O–H groups in total. The van der Waals surface area contributed by atoms with Crippen molar-refractivity contribution in [1.29, 1.82) is 0 Å². The third-order valence-corrected chi connectivity index (χ3v) is 4.54. The molecule has 0 aromatic carbocycles. The summed E-state index contributed by atoms with van der Waals surface area (Å²) in [6.45, 7) is 1.73. The molecule has 0 spiro atoms. The summed E-state index contributed by atoms with van der Waals surface area (Å²) in [7, 11) is 0. The average Bonchev–Trinajstić information content (AvgIpc) is 3.24. The van der Waals surface area contributed by atoms with Gasteiger partial charge in [0, 0.05) is 6.42 Å². The fourth-order valence-corrected chi connectivity index (χ4v) is 2.92. The Labute approximate surface area is 159 Å². The number of amides is 1. The number of aliphatic hydroxyl groups excluding tert-OH is 3. The lowest BCUT2D eigenvalue weighted by Gasteiger charge is -2.15. The molecule has 2 rings (SSSR count). The van der Waals surface area contributed by atoms with Gasteiger partial charge in [-0.2, -0.15) is 0 Å². The SMILES string of the molecule is CCCCCCCCC#Cc1[nH]cnc1C(=O)N[C@@H]1O[C@H](CO)[C@@H](O)[C@H]1O. The Balaban J connectivity index is 1.84. The number of nitrogens with one attached hydrogen (secondary N) is 2. The molecular formula is C19H29N3O5. The highest BCUT2D eigenvalue weighted by atomic mass is 16.6. The molecule has 4 atom stereocenters. The zero-order chi connectivity index (χ0) is 19.6. The minimum absolute atomic E-state index is 0.100. The molecule has 8 nitrogen and oxygen atoms in total. The predicted molar refractivity (Wildman–Crippen MR) is 98.7 cm³/mol. The second-order valence-corrected chi connectivity index (χ2v) is 6.68. The highest BCUT2D eigenvalue weighted by Gasteiger charge is 2.43. The summed E-state index contributed by atoms with van der Waals surface area (Å²) in [6, 6.07) is 0. The van der Waals surface area contributed by atoms with E-state index in [2.05, 4.69) is 34.0 Å². The highest BCUT2D eigenvalue weighted by molar-refractivity contribution is 5.94. The van der Waals surface area contributed by atoms with E-state index in [9.17, 15) is 15.0 Å². The van der Waals surface area contributed by atoms with Crippen LogP contribution in [-0.4, -0.2) is 62.3 Å². The fraction of sp³-hybridized carbons (Fsp3) is 0.684. The quantitative estimate of drug-likeness (QED) is 0.317. The molecule has 2 heterocycles. The Morgan fingerprint density at radius 3 is 2.70 bits per heavy atom. The summed E-state index contributed by atoms with van der Waals surface area (Å²) < 4.78 is 5.24. The van der Waals surface area contributed by atoms with Crippen LogP contribution < -0.4 is 5.32 Å². The van der Waals surface area contributed by atoms with Crippen molar-refractivity contribution in [1.82, 2.24) is 15.3 Å². The zero-order valence-corrected chi connectivity index (χ0v) is 15.6. The fourth-order valence-electron chi connectivity index (χ4n) is 2.92. The van der Waals surface area contributed by atoms with Gasteiger partial charge in [0.05, 0.1) is 12.9 Å². The number of H-pyrrole nitrogens is 1. The first-order valence-corrected chi connectivity index (χ1v) is 9.54. The van der Waals surface area contributed by atoms with Crippen molar-refractivity contribution in [2.45, 2.75) is 76.4 Å². The number of ether oxygens (including phenoxy) is 1. The van der Waals surface area contributed by atoms with Gasteiger partial charge in [0.25, 0.3) is 5.91 Å². The largest absolute Gasteiger partial charge is 0.394 e. The van der Waals surface area contributed by atoms with Crippen molar-refractivity contribution in [3.05, 3.63) is 17.7 Å². The van der Waals surface area contributed by atoms with Crippen molar-refractivity contribution in [2.75, 3.05) is 6.61 Å². The van der Waals surface area contributed by atoms with Crippen LogP contribution in [0.3, 0.4) is 0 Å². The first kappa shape index (κ1) is 21.4. The number of hydrogen-bond acceptors (Lipinski definition) is 6. The van der Waals surface area contributed by atoms with Crippen LogP contribution in [-0.2, 0) is 4.74 Å². The average molecular weight is 379 g/mol. The topological polar surface area (TPSA) is 128 Å². The van der Waals surface area contributed by atoms with Crippen molar-refractivity contribution in [2.24, 2.45) is 0 Å². The van der Waals surface area contributed by atoms with E-state index < -0.39 is 37.1 Å². The lowest BCUT2D eigenvalue weighted by atomic mass is 10.1. The van der Waals surface area contributed by atoms with Gasteiger partial charge in [0.15, 0.2) is 11.9 Å². The molecular weight excluding hydrogens is 350 g/mol. The van der Waals surface area contributed by atoms with Crippen LogP contribution in [0.4, 0.5) is 0 Å². The molecule has 0 aliphatic carbocycles. The van der Waals surface area contributed by atoms with Crippen LogP contribution in [0.2, 0.25) is 0 Å². The lowest BCUT2D eigenvalue weighted by Crippen LogP contribution is -2.44. The number of aliphatic hydroxyl groups is 3. The summed E-state index contributed by atoms with van der Waals surface area (Å²) in [5, 5.41) is 31.2. The maximum Gasteiger partial charge on any atom is 0.274 e. The third-order valence-electron chi connectivity index (χ3n) is 4.54. The van der Waals surface area contributed by atoms with E-state index in [0.717, 1.165) is 19.3 Å². The molecule has 0 saturated carbocycles. The molecule has 1 aromatic heterocycles. The Hall–Kier alpha value is -1.92. The minimum Gasteiger partial charge on any atom is -0.394 e. The van der Waals surface area contributed by atoms with Crippen LogP contribution in [0.5, 0.6) is 0 Å². The van der Waals surface area contributed by atoms with Gasteiger partial charge < -0.3 is 30.4 Å². The van der Waals surface area contributed by atoms with Gasteiger partial charge >= 0.3 is 0 Å². The number of hydrogen-bond donors (Lipinski definition) is 5. The number of rotatable bonds is 9. The molecule has 27 heavy (non-hydrogen) atoms. The molecule has 1 amide bonds. The minimum atomic E-state index is -1.33. The number of imidazole rings is 1. The summed E-state index contributed by atoms with van der Waals surface area (Å²) in [4.78, 5) is 19.2. The monoisotopic (exact) mass is 379 g/mol. The molecule has 0 unspecified atom stereocenters. The molecule has 1 aromatic rings. The van der Waals surface area contributed by atoms with Crippen LogP contribution in [0.15, 0.2) is 6.33 Å². The summed E-state index contributed by atoms with van der Waals surface area (Å²) in [6.07, 6.45) is 4.62. The molecule has 0 bridgehead atoms. The Kier molecular flexibility index (Phi) is 8.75. The van der Waals surface area contributed by atoms with Gasteiger partial charge in [0.1, 0.15) is 24.0 Å². The maximum atomic E-state index is 12.4. The highest BCUT2D eigenvalue weighted by Crippen LogP contribution is 2.19. The van der Waals surface area contributed by atoms with Crippen molar-refractivity contribution < 1.29 is 24.9 Å². The number of aromatic nitrogens is 2. The summed E-state index contributed by atoms with van der Waals surface area (Å²) >= 11 is 0. The summed E-state index contributed by atoms with van der Waals surface area (Å²) in [5.74, 6) is 5.39. The van der Waals surface area contributed by atoms with Crippen molar-refractivity contribution in [3.8, 4) is 11.8 Å². The van der Waals surface area contributed by atoms with E-state index in [0.29, 0.717) is 5.69 Å². The molecule has 0 radical (unpaired) electrons. The van der Waals surface area contributed by atoms with Crippen LogP contribution >= 0.6 is 0 Å². The van der Waals surface area contributed by atoms with E-state index in [4.69, 9.17) is 9.84 Å². The van der Waals surface area contributed by atoms with Gasteiger partial charge in [-0.05, 0) is 12.3 Å². The molecule has 8 heteroatoms. The second-order valence-electron chi connectivity index (χ2n) is 6.68. The molecule has 150 valence electrons. The number of unbranched alkanes of at least 4 members (excludes halogenated alkanes) is 6. The van der Waals surface area contributed by atoms with Gasteiger partial charge in [0.2, 0.25) is 0 Å². The predicted octanol–water partition coefficient (Wildman–Crippen LogP) is 0.681. The van der Waals surface area contributed by atoms with E-state index in [-0.39, 0.29) is 5.69 Å². The normalized spacial score (nSPS) is 24.4. The standard InChI is InChI=1S/C19H29N3O5/c1-2-3-4-5-6-7-8-9-10-13-15(21-12-20-13)18(26)22-19-17(25)16(24)14(11-23)27-19/h12,14,16-17,19,23-25H,2-8,11H2,1H3,(H,20,21)(H,22,26)/t14-,16-,17-,19-/m1/s1. The first-order valence-electron chi connectivity index (χ1n) is 9.54. The molecule has 1 saturated heterocycles. The van der Waals surface area contributed by atoms with Gasteiger partial charge in [-0.1, -0.05) is 44.9 Å². The van der Waals surface area contributed by atoms with E-state index >= 15 is 0 Å². The van der Waals surface area contributed by atoms with Crippen LogP contribution in [0, 0.1) is 11.8 Å². The van der Waals surface area contributed by atoms with Crippen molar-refractivity contribution >= 4 is 5.91 Å². The number of nitrogens with zero attached hydrogens (tertiary/aromatic N) is 1. The van der Waals surface area contributed by atoms with E-state index in [1.807, 2.05) is 0 Å². The third kappa shape index (κ3) is 6.04. The molecule has 1 aliphatic rings. The van der Waals surface area contributed by atoms with E-state index in [1.165, 1.54) is 32.0 Å². The van der Waals surface area contributed by atoms with Crippen molar-refractivity contribution in [3.63, 3.8) is 0 Å². The van der Waals surface area contributed by atoms with Gasteiger partial charge in [-0.25, -0.2) is 4.98 Å². The number of aromatic amines is 1. The Bertz CT molecular complexity index is 651. The summed E-state index contributed by atoms with van der Waals surface area (Å²) in [5.41, 5.74) is 0.494. The number of carbonyl (C=O) groups is 1. The van der Waals surface area contributed by atoms with Crippen LogP contribution in [0.25, 0.3) is 0 Å². The molecule has 1 aliphatic heterocycles. The zero-order valence-electron chi connectivity index (χ0n) is 15.6. The molecule has 1 fully saturated rings. The first-order chi connectivity index (χ1) is 13.1. The lowest BCUT2D eigenvalue weighted by molar-refractivity contribution is -0.0305. The maximum absolute atomic E-state index is 12.4. The smallest absolute Gasteiger partial charge is 0.274 e. The second kappa shape index (κ2) is 11.0. The van der Waals surface area contributed by atoms with Gasteiger partial charge in [-0.15, -0.1) is 0 Å². The Morgan fingerprint density at radius 1 is 1.26 bits per heavy atom. The van der Waals surface area contributed by atoms with E-state index in [1.54, 1.807) is 0 Å². The Morgan fingerprint density at radius 2 is 2.00 bits per heavy atom. The van der Waals surface area contributed by atoms with Gasteiger partial charge in [-0.3, -0.25) is 4.79 Å².